The van der Waals surface area contributed by atoms with Crippen LogP contribution in [0.25, 0.3) is 0 Å². The Morgan fingerprint density at radius 3 is 2.89 bits per heavy atom. The Kier molecular flexibility index (Phi) is 3.54. The highest BCUT2D eigenvalue weighted by Gasteiger charge is 2.34. The van der Waals surface area contributed by atoms with Crippen LogP contribution in [0.15, 0.2) is 0 Å². The largest absolute Gasteiger partial charge is 0.367 e. The van der Waals surface area contributed by atoms with E-state index in [-0.39, 0.29) is 5.60 Å². The molecule has 2 aliphatic rings. The molecule has 4 heteroatoms. The first kappa shape index (κ1) is 13.0. The highest BCUT2D eigenvalue weighted by Crippen LogP contribution is 2.34. The lowest BCUT2D eigenvalue weighted by Crippen LogP contribution is -2.33. The summed E-state index contributed by atoms with van der Waals surface area (Å²) in [4.78, 5) is 9.65. The first-order chi connectivity index (χ1) is 9.23. The van der Waals surface area contributed by atoms with Gasteiger partial charge in [0.2, 0.25) is 0 Å². The van der Waals surface area contributed by atoms with Crippen molar-refractivity contribution < 1.29 is 4.74 Å². The molecular weight excluding hydrogens is 238 g/mol. The minimum atomic E-state index is -0.279. The van der Waals surface area contributed by atoms with Crippen LogP contribution in [0.5, 0.6) is 0 Å². The third kappa shape index (κ3) is 2.39. The van der Waals surface area contributed by atoms with E-state index in [1.807, 2.05) is 0 Å². The SMILES string of the molecule is CCCc1nc(C2(C)CCCCO2)nc2c1CNC2. The van der Waals surface area contributed by atoms with E-state index in [0.29, 0.717) is 0 Å². The number of nitrogens with one attached hydrogen (secondary N) is 1. The first-order valence-electron chi connectivity index (χ1n) is 7.47. The van der Waals surface area contributed by atoms with Gasteiger partial charge in [0.05, 0.1) is 5.69 Å². The van der Waals surface area contributed by atoms with Crippen molar-refractivity contribution in [3.8, 4) is 0 Å². The Morgan fingerprint density at radius 2 is 2.16 bits per heavy atom. The average Bonchev–Trinajstić information content (AvgIpc) is 2.88. The lowest BCUT2D eigenvalue weighted by Gasteiger charge is -2.32. The molecule has 4 nitrogen and oxygen atoms in total. The van der Waals surface area contributed by atoms with Gasteiger partial charge in [-0.25, -0.2) is 9.97 Å². The molecule has 1 aromatic heterocycles. The monoisotopic (exact) mass is 261 g/mol. The maximum absolute atomic E-state index is 6.00. The molecule has 0 aliphatic carbocycles. The Hall–Kier alpha value is -1.00. The van der Waals surface area contributed by atoms with Gasteiger partial charge in [-0.15, -0.1) is 0 Å². The number of fused-ring (bicyclic) bond motifs is 1. The highest BCUT2D eigenvalue weighted by molar-refractivity contribution is 5.30. The normalized spacial score (nSPS) is 26.4. The third-order valence-electron chi connectivity index (χ3n) is 4.20. The van der Waals surface area contributed by atoms with Crippen LogP contribution in [-0.4, -0.2) is 16.6 Å². The fraction of sp³-hybridized carbons (Fsp3) is 0.733. The zero-order valence-corrected chi connectivity index (χ0v) is 12.0. The van der Waals surface area contributed by atoms with Gasteiger partial charge in [0.25, 0.3) is 0 Å². The average molecular weight is 261 g/mol. The molecule has 1 N–H and O–H groups in total. The summed E-state index contributed by atoms with van der Waals surface area (Å²) in [6.07, 6.45) is 5.56. The van der Waals surface area contributed by atoms with E-state index in [4.69, 9.17) is 14.7 Å². The van der Waals surface area contributed by atoms with Crippen LogP contribution in [-0.2, 0) is 29.8 Å². The van der Waals surface area contributed by atoms with Crippen molar-refractivity contribution in [3.63, 3.8) is 0 Å². The van der Waals surface area contributed by atoms with Crippen molar-refractivity contribution in [3.05, 3.63) is 22.8 Å². The second-order valence-electron chi connectivity index (χ2n) is 5.81. The molecular formula is C15H23N3O. The van der Waals surface area contributed by atoms with E-state index in [9.17, 15) is 0 Å². The van der Waals surface area contributed by atoms with E-state index in [1.54, 1.807) is 0 Å². The number of rotatable bonds is 3. The van der Waals surface area contributed by atoms with Crippen LogP contribution < -0.4 is 5.32 Å². The minimum Gasteiger partial charge on any atom is -0.367 e. The number of hydrogen-bond donors (Lipinski definition) is 1. The van der Waals surface area contributed by atoms with Gasteiger partial charge in [-0.2, -0.15) is 0 Å². The molecule has 0 amide bonds. The van der Waals surface area contributed by atoms with Gasteiger partial charge >= 0.3 is 0 Å². The second kappa shape index (κ2) is 5.17. The van der Waals surface area contributed by atoms with E-state index >= 15 is 0 Å². The minimum absolute atomic E-state index is 0.279. The van der Waals surface area contributed by atoms with Crippen molar-refractivity contribution in [2.45, 2.75) is 64.6 Å². The van der Waals surface area contributed by atoms with Crippen molar-refractivity contribution in [1.29, 1.82) is 0 Å². The summed E-state index contributed by atoms with van der Waals surface area (Å²) in [5, 5.41) is 3.39. The number of ether oxygens (including phenoxy) is 1. The molecule has 0 radical (unpaired) electrons. The summed E-state index contributed by atoms with van der Waals surface area (Å²) in [6.45, 7) is 6.97. The zero-order valence-electron chi connectivity index (χ0n) is 12.0. The summed E-state index contributed by atoms with van der Waals surface area (Å²) < 4.78 is 6.00. The topological polar surface area (TPSA) is 47.0 Å². The molecule has 19 heavy (non-hydrogen) atoms. The molecule has 1 atom stereocenters. The van der Waals surface area contributed by atoms with Gasteiger partial charge in [-0.3, -0.25) is 0 Å². The summed E-state index contributed by atoms with van der Waals surface area (Å²) >= 11 is 0. The standard InChI is InChI=1S/C15H23N3O/c1-3-6-12-11-9-16-10-13(11)18-14(17-12)15(2)7-4-5-8-19-15/h16H,3-10H2,1-2H3. The Morgan fingerprint density at radius 1 is 1.26 bits per heavy atom. The van der Waals surface area contributed by atoms with Crippen LogP contribution in [0.1, 0.15) is 62.3 Å². The molecule has 2 aliphatic heterocycles. The first-order valence-corrected chi connectivity index (χ1v) is 7.47. The van der Waals surface area contributed by atoms with Crippen LogP contribution in [0.4, 0.5) is 0 Å². The van der Waals surface area contributed by atoms with Crippen LogP contribution in [0.2, 0.25) is 0 Å². The van der Waals surface area contributed by atoms with Crippen LogP contribution in [0.3, 0.4) is 0 Å². The highest BCUT2D eigenvalue weighted by atomic mass is 16.5. The van der Waals surface area contributed by atoms with E-state index in [1.165, 1.54) is 23.4 Å². The number of aromatic nitrogens is 2. The Labute approximate surface area is 115 Å². The molecule has 0 bridgehead atoms. The molecule has 1 saturated heterocycles. The summed E-state index contributed by atoms with van der Waals surface area (Å²) in [5.41, 5.74) is 3.45. The molecule has 0 saturated carbocycles. The van der Waals surface area contributed by atoms with Gasteiger partial charge < -0.3 is 10.1 Å². The van der Waals surface area contributed by atoms with E-state index in [2.05, 4.69) is 19.2 Å². The van der Waals surface area contributed by atoms with Gasteiger partial charge in [-0.05, 0) is 32.6 Å². The molecule has 1 aromatic rings. The summed E-state index contributed by atoms with van der Waals surface area (Å²) in [7, 11) is 0. The number of nitrogens with zero attached hydrogens (tertiary/aromatic N) is 2. The number of hydrogen-bond acceptors (Lipinski definition) is 4. The Balaban J connectivity index is 1.99. The van der Waals surface area contributed by atoms with Gasteiger partial charge in [0.1, 0.15) is 5.60 Å². The van der Waals surface area contributed by atoms with Crippen LogP contribution in [0, 0.1) is 0 Å². The molecule has 1 unspecified atom stereocenters. The fourth-order valence-electron chi connectivity index (χ4n) is 3.03. The molecule has 3 heterocycles. The smallest absolute Gasteiger partial charge is 0.160 e. The van der Waals surface area contributed by atoms with Gasteiger partial charge in [0, 0.05) is 31.0 Å². The maximum atomic E-state index is 6.00. The van der Waals surface area contributed by atoms with E-state index < -0.39 is 0 Å². The fourth-order valence-corrected chi connectivity index (χ4v) is 3.03. The predicted molar refractivity (Wildman–Crippen MR) is 73.7 cm³/mol. The summed E-state index contributed by atoms with van der Waals surface area (Å²) in [6, 6.07) is 0. The third-order valence-corrected chi connectivity index (χ3v) is 4.20. The Bertz CT molecular complexity index is 467. The summed E-state index contributed by atoms with van der Waals surface area (Å²) in [5.74, 6) is 0.901. The van der Waals surface area contributed by atoms with Crippen molar-refractivity contribution >= 4 is 0 Å². The molecule has 104 valence electrons. The second-order valence-corrected chi connectivity index (χ2v) is 5.81. The molecule has 0 spiro atoms. The van der Waals surface area contributed by atoms with Crippen molar-refractivity contribution in [1.82, 2.24) is 15.3 Å². The van der Waals surface area contributed by atoms with Crippen molar-refractivity contribution in [2.24, 2.45) is 0 Å². The van der Waals surface area contributed by atoms with Crippen molar-refractivity contribution in [2.75, 3.05) is 6.61 Å². The zero-order chi connectivity index (χ0) is 13.3. The predicted octanol–water partition coefficient (Wildman–Crippen LogP) is 2.45. The maximum Gasteiger partial charge on any atom is 0.160 e. The van der Waals surface area contributed by atoms with Gasteiger partial charge in [0.15, 0.2) is 5.82 Å². The van der Waals surface area contributed by atoms with E-state index in [0.717, 1.165) is 51.2 Å². The lowest BCUT2D eigenvalue weighted by molar-refractivity contribution is -0.0762. The quantitative estimate of drug-likeness (QED) is 0.908. The lowest BCUT2D eigenvalue weighted by atomic mass is 9.94. The molecule has 3 rings (SSSR count). The van der Waals surface area contributed by atoms with Gasteiger partial charge in [-0.1, -0.05) is 13.3 Å². The van der Waals surface area contributed by atoms with Crippen LogP contribution >= 0.6 is 0 Å². The molecule has 0 aromatic carbocycles. The number of aryl methyl sites for hydroxylation is 1. The molecule has 1 fully saturated rings.